The molecular formula is C14H23N3. The van der Waals surface area contributed by atoms with Crippen LogP contribution in [0.1, 0.15) is 50.8 Å². The van der Waals surface area contributed by atoms with Crippen LogP contribution in [0, 0.1) is 18.8 Å². The molecule has 0 aliphatic heterocycles. The Bertz CT molecular complexity index is 390. The van der Waals surface area contributed by atoms with Gasteiger partial charge in [0, 0.05) is 18.8 Å². The van der Waals surface area contributed by atoms with Gasteiger partial charge in [-0.15, -0.1) is 0 Å². The molecule has 2 fully saturated rings. The summed E-state index contributed by atoms with van der Waals surface area (Å²) in [6, 6.07) is 0.690. The number of rotatable bonds is 4. The molecule has 2 atom stereocenters. The molecule has 0 spiro atoms. The zero-order valence-electron chi connectivity index (χ0n) is 10.9. The van der Waals surface area contributed by atoms with Crippen molar-refractivity contribution in [2.24, 2.45) is 11.8 Å². The fourth-order valence-corrected chi connectivity index (χ4v) is 3.01. The van der Waals surface area contributed by atoms with E-state index in [-0.39, 0.29) is 0 Å². The van der Waals surface area contributed by atoms with Gasteiger partial charge in [0.2, 0.25) is 5.95 Å². The molecule has 2 aliphatic carbocycles. The first-order chi connectivity index (χ1) is 8.24. The summed E-state index contributed by atoms with van der Waals surface area (Å²) < 4.78 is 2.38. The summed E-state index contributed by atoms with van der Waals surface area (Å²) in [4.78, 5) is 4.63. The summed E-state index contributed by atoms with van der Waals surface area (Å²) in [5.74, 6) is 2.90. The number of imidazole rings is 1. The van der Waals surface area contributed by atoms with Crippen LogP contribution in [0.5, 0.6) is 0 Å². The smallest absolute Gasteiger partial charge is 0.203 e. The van der Waals surface area contributed by atoms with Gasteiger partial charge in [-0.05, 0) is 38.0 Å². The number of hydrogen-bond donors (Lipinski definition) is 1. The minimum atomic E-state index is 0.690. The van der Waals surface area contributed by atoms with E-state index in [0.29, 0.717) is 6.04 Å². The van der Waals surface area contributed by atoms with Crippen LogP contribution in [0.2, 0.25) is 0 Å². The van der Waals surface area contributed by atoms with E-state index < -0.39 is 0 Å². The Kier molecular flexibility index (Phi) is 2.85. The molecule has 3 rings (SSSR count). The Balaban J connectivity index is 1.68. The molecule has 2 unspecified atom stereocenters. The molecule has 3 nitrogen and oxygen atoms in total. The Labute approximate surface area is 104 Å². The predicted molar refractivity (Wildman–Crippen MR) is 70.2 cm³/mol. The van der Waals surface area contributed by atoms with Crippen molar-refractivity contribution in [2.75, 3.05) is 11.9 Å². The second kappa shape index (κ2) is 4.35. The fourth-order valence-electron chi connectivity index (χ4n) is 3.01. The molecule has 1 N–H and O–H groups in total. The van der Waals surface area contributed by atoms with Gasteiger partial charge >= 0.3 is 0 Å². The first-order valence-electron chi connectivity index (χ1n) is 7.03. The summed E-state index contributed by atoms with van der Waals surface area (Å²) >= 11 is 0. The van der Waals surface area contributed by atoms with E-state index in [0.717, 1.165) is 30.0 Å². The predicted octanol–water partition coefficient (Wildman–Crippen LogP) is 3.37. The topological polar surface area (TPSA) is 29.9 Å². The monoisotopic (exact) mass is 233 g/mol. The van der Waals surface area contributed by atoms with Crippen LogP contribution in [-0.2, 0) is 0 Å². The lowest BCUT2D eigenvalue weighted by molar-refractivity contribution is 0.522. The number of anilines is 1. The zero-order chi connectivity index (χ0) is 11.8. The van der Waals surface area contributed by atoms with Crippen molar-refractivity contribution in [2.45, 2.75) is 52.0 Å². The van der Waals surface area contributed by atoms with Gasteiger partial charge in [0.15, 0.2) is 0 Å². The van der Waals surface area contributed by atoms with Crippen molar-refractivity contribution in [3.63, 3.8) is 0 Å². The van der Waals surface area contributed by atoms with Gasteiger partial charge in [0.05, 0.1) is 5.69 Å². The molecule has 1 aromatic heterocycles. The molecular weight excluding hydrogens is 210 g/mol. The normalized spacial score (nSPS) is 28.6. The summed E-state index contributed by atoms with van der Waals surface area (Å²) in [5, 5.41) is 3.56. The first-order valence-corrected chi connectivity index (χ1v) is 7.03. The maximum Gasteiger partial charge on any atom is 0.203 e. The average Bonchev–Trinajstić information content (AvgIpc) is 2.73. The van der Waals surface area contributed by atoms with Gasteiger partial charge in [0.1, 0.15) is 0 Å². The van der Waals surface area contributed by atoms with E-state index in [2.05, 4.69) is 34.9 Å². The zero-order valence-corrected chi connectivity index (χ0v) is 10.9. The number of hydrogen-bond acceptors (Lipinski definition) is 2. The van der Waals surface area contributed by atoms with Crippen molar-refractivity contribution < 1.29 is 0 Å². The molecule has 0 amide bonds. The highest BCUT2D eigenvalue weighted by Gasteiger charge is 2.32. The van der Waals surface area contributed by atoms with Crippen molar-refractivity contribution in [1.29, 1.82) is 0 Å². The minimum Gasteiger partial charge on any atom is -0.355 e. The summed E-state index contributed by atoms with van der Waals surface area (Å²) in [6.07, 6.45) is 9.00. The van der Waals surface area contributed by atoms with Crippen molar-refractivity contribution in [1.82, 2.24) is 9.55 Å². The standard InChI is InChI=1S/C14H23N3/c1-10-7-12(10)8-15-14-16-11(2)9-17(14)13-5-3-4-6-13/h9-10,12-13H,3-8H2,1-2H3,(H,15,16). The highest BCUT2D eigenvalue weighted by Crippen LogP contribution is 2.38. The van der Waals surface area contributed by atoms with Crippen molar-refractivity contribution in [3.8, 4) is 0 Å². The number of nitrogens with zero attached hydrogens (tertiary/aromatic N) is 2. The Hall–Kier alpha value is -0.990. The number of aryl methyl sites for hydroxylation is 1. The van der Waals surface area contributed by atoms with E-state index in [1.54, 1.807) is 0 Å². The van der Waals surface area contributed by atoms with E-state index in [9.17, 15) is 0 Å². The summed E-state index contributed by atoms with van der Waals surface area (Å²) in [7, 11) is 0. The quantitative estimate of drug-likeness (QED) is 0.864. The minimum absolute atomic E-state index is 0.690. The van der Waals surface area contributed by atoms with Crippen molar-refractivity contribution in [3.05, 3.63) is 11.9 Å². The molecule has 0 aromatic carbocycles. The number of nitrogens with one attached hydrogen (secondary N) is 1. The van der Waals surface area contributed by atoms with Crippen molar-refractivity contribution >= 4 is 5.95 Å². The highest BCUT2D eigenvalue weighted by atomic mass is 15.2. The lowest BCUT2D eigenvalue weighted by Gasteiger charge is -2.15. The molecule has 0 bridgehead atoms. The van der Waals surface area contributed by atoms with Gasteiger partial charge in [-0.2, -0.15) is 0 Å². The third-order valence-electron chi connectivity index (χ3n) is 4.37. The van der Waals surface area contributed by atoms with Gasteiger partial charge in [0.25, 0.3) is 0 Å². The Morgan fingerprint density at radius 2 is 2.12 bits per heavy atom. The molecule has 2 aliphatic rings. The number of aromatic nitrogens is 2. The van der Waals surface area contributed by atoms with Crippen LogP contribution >= 0.6 is 0 Å². The molecule has 0 radical (unpaired) electrons. The second-order valence-corrected chi connectivity index (χ2v) is 5.91. The van der Waals surface area contributed by atoms with Gasteiger partial charge in [-0.25, -0.2) is 4.98 Å². The van der Waals surface area contributed by atoms with E-state index in [1.807, 2.05) is 0 Å². The van der Waals surface area contributed by atoms with Crippen LogP contribution in [0.25, 0.3) is 0 Å². The van der Waals surface area contributed by atoms with E-state index in [4.69, 9.17) is 0 Å². The lowest BCUT2D eigenvalue weighted by Crippen LogP contribution is -2.13. The summed E-state index contributed by atoms with van der Waals surface area (Å²) in [5.41, 5.74) is 1.14. The van der Waals surface area contributed by atoms with Gasteiger partial charge in [-0.3, -0.25) is 0 Å². The maximum absolute atomic E-state index is 4.63. The van der Waals surface area contributed by atoms with Crippen LogP contribution in [-0.4, -0.2) is 16.1 Å². The molecule has 2 saturated carbocycles. The molecule has 1 heterocycles. The SMILES string of the molecule is Cc1cn(C2CCCC2)c(NCC2CC2C)n1. The molecule has 3 heteroatoms. The third kappa shape index (κ3) is 2.33. The molecule has 17 heavy (non-hydrogen) atoms. The second-order valence-electron chi connectivity index (χ2n) is 5.91. The van der Waals surface area contributed by atoms with Gasteiger partial charge < -0.3 is 9.88 Å². The Morgan fingerprint density at radius 3 is 2.76 bits per heavy atom. The van der Waals surface area contributed by atoms with Crippen LogP contribution < -0.4 is 5.32 Å². The van der Waals surface area contributed by atoms with E-state index in [1.165, 1.54) is 32.1 Å². The van der Waals surface area contributed by atoms with Crippen LogP contribution in [0.3, 0.4) is 0 Å². The summed E-state index contributed by atoms with van der Waals surface area (Å²) in [6.45, 7) is 5.53. The highest BCUT2D eigenvalue weighted by molar-refractivity contribution is 5.30. The van der Waals surface area contributed by atoms with Gasteiger partial charge in [-0.1, -0.05) is 19.8 Å². The maximum atomic E-state index is 4.63. The van der Waals surface area contributed by atoms with E-state index >= 15 is 0 Å². The Morgan fingerprint density at radius 1 is 1.41 bits per heavy atom. The lowest BCUT2D eigenvalue weighted by atomic mass is 10.2. The van der Waals surface area contributed by atoms with Crippen LogP contribution in [0.4, 0.5) is 5.95 Å². The third-order valence-corrected chi connectivity index (χ3v) is 4.37. The molecule has 0 saturated heterocycles. The molecule has 94 valence electrons. The van der Waals surface area contributed by atoms with Crippen LogP contribution in [0.15, 0.2) is 6.20 Å². The fraction of sp³-hybridized carbons (Fsp3) is 0.786. The average molecular weight is 233 g/mol. The first kappa shape index (κ1) is 11.1. The molecule has 1 aromatic rings. The largest absolute Gasteiger partial charge is 0.355 e.